The number of hydrogen-bond donors (Lipinski definition) is 0. The fraction of sp³-hybridized carbons (Fsp3) is 1.00. The van der Waals surface area contributed by atoms with Gasteiger partial charge in [-0.25, -0.2) is 0 Å². The Bertz CT molecular complexity index is 357. The summed E-state index contributed by atoms with van der Waals surface area (Å²) in [6.45, 7) is 4.91. The van der Waals surface area contributed by atoms with Gasteiger partial charge in [0, 0.05) is 26.2 Å². The van der Waals surface area contributed by atoms with Crippen LogP contribution in [0.1, 0.15) is 13.3 Å². The fourth-order valence-corrected chi connectivity index (χ4v) is 4.14. The molecule has 0 spiro atoms. The number of halogens is 1. The quantitative estimate of drug-likeness (QED) is 0.694. The highest BCUT2D eigenvalue weighted by atomic mass is 35.5. The molecule has 0 bridgehead atoms. The third-order valence-electron chi connectivity index (χ3n) is 3.45. The van der Waals surface area contributed by atoms with Crippen LogP contribution in [-0.2, 0) is 14.9 Å². The van der Waals surface area contributed by atoms with Gasteiger partial charge >= 0.3 is 0 Å². The Morgan fingerprint density at radius 3 is 2.41 bits per heavy atom. The molecule has 2 unspecified atom stereocenters. The molecule has 0 aliphatic carbocycles. The summed E-state index contributed by atoms with van der Waals surface area (Å²) >= 11 is 6.16. The minimum absolute atomic E-state index is 0.0837. The van der Waals surface area contributed by atoms with E-state index in [1.807, 2.05) is 0 Å². The second-order valence-electron chi connectivity index (χ2n) is 4.66. The van der Waals surface area contributed by atoms with Crippen LogP contribution in [0, 0.1) is 5.92 Å². The summed E-state index contributed by atoms with van der Waals surface area (Å²) in [6, 6.07) is 0. The van der Waals surface area contributed by atoms with Crippen molar-refractivity contribution >= 4 is 21.8 Å². The Balaban J connectivity index is 2.04. The molecule has 2 aliphatic heterocycles. The van der Waals surface area contributed by atoms with Crippen LogP contribution in [-0.4, -0.2) is 61.8 Å². The summed E-state index contributed by atoms with van der Waals surface area (Å²) in [4.78, 5) is 0. The maximum atomic E-state index is 12.3. The predicted molar refractivity (Wildman–Crippen MR) is 66.3 cm³/mol. The smallest absolute Gasteiger partial charge is 0.282 e. The molecular formula is C10H19ClN2O3S. The van der Waals surface area contributed by atoms with E-state index in [2.05, 4.69) is 6.92 Å². The van der Waals surface area contributed by atoms with Gasteiger partial charge in [-0.3, -0.25) is 0 Å². The highest BCUT2D eigenvalue weighted by Crippen LogP contribution is 2.25. The van der Waals surface area contributed by atoms with Crippen LogP contribution in [0.5, 0.6) is 0 Å². The van der Waals surface area contributed by atoms with Crippen molar-refractivity contribution in [3.05, 3.63) is 0 Å². The van der Waals surface area contributed by atoms with Crippen molar-refractivity contribution in [3.63, 3.8) is 0 Å². The average Bonchev–Trinajstić information content (AvgIpc) is 2.33. The first-order valence-corrected chi connectivity index (χ1v) is 7.82. The molecule has 0 aromatic heterocycles. The van der Waals surface area contributed by atoms with E-state index in [1.54, 1.807) is 0 Å². The van der Waals surface area contributed by atoms with Crippen LogP contribution in [0.3, 0.4) is 0 Å². The van der Waals surface area contributed by atoms with Gasteiger partial charge in [-0.1, -0.05) is 6.92 Å². The Morgan fingerprint density at radius 1 is 1.18 bits per heavy atom. The van der Waals surface area contributed by atoms with Crippen molar-refractivity contribution in [3.8, 4) is 0 Å². The zero-order chi connectivity index (χ0) is 12.5. The van der Waals surface area contributed by atoms with E-state index in [4.69, 9.17) is 16.3 Å². The summed E-state index contributed by atoms with van der Waals surface area (Å²) in [5, 5.41) is -0.0837. The van der Waals surface area contributed by atoms with Crippen LogP contribution >= 0.6 is 11.6 Å². The van der Waals surface area contributed by atoms with Crippen molar-refractivity contribution < 1.29 is 13.2 Å². The molecule has 0 aromatic carbocycles. The van der Waals surface area contributed by atoms with Crippen LogP contribution in [0.4, 0.5) is 0 Å². The van der Waals surface area contributed by atoms with Crippen molar-refractivity contribution in [2.75, 3.05) is 39.4 Å². The average molecular weight is 283 g/mol. The van der Waals surface area contributed by atoms with Crippen molar-refractivity contribution in [1.29, 1.82) is 0 Å². The van der Waals surface area contributed by atoms with Gasteiger partial charge in [-0.15, -0.1) is 11.6 Å². The SMILES string of the molecule is CC1CCN(S(=O)(=O)N2CCOCC2)CC1Cl. The fourth-order valence-electron chi connectivity index (χ4n) is 2.14. The predicted octanol–water partition coefficient (Wildman–Crippen LogP) is 0.513. The Kier molecular flexibility index (Phi) is 4.31. The lowest BCUT2D eigenvalue weighted by atomic mass is 10.0. The molecule has 2 fully saturated rings. The van der Waals surface area contributed by atoms with E-state index >= 15 is 0 Å². The van der Waals surface area contributed by atoms with Gasteiger partial charge in [0.05, 0.1) is 18.6 Å². The maximum absolute atomic E-state index is 12.3. The molecule has 2 aliphatic rings. The summed E-state index contributed by atoms with van der Waals surface area (Å²) in [5.74, 6) is 0.382. The zero-order valence-corrected chi connectivity index (χ0v) is 11.6. The third kappa shape index (κ3) is 2.93. The van der Waals surface area contributed by atoms with Gasteiger partial charge in [-0.2, -0.15) is 17.0 Å². The van der Waals surface area contributed by atoms with E-state index in [1.165, 1.54) is 8.61 Å². The number of morpholine rings is 1. The van der Waals surface area contributed by atoms with E-state index in [0.717, 1.165) is 6.42 Å². The van der Waals surface area contributed by atoms with Gasteiger partial charge in [0.1, 0.15) is 0 Å². The van der Waals surface area contributed by atoms with Crippen LogP contribution < -0.4 is 0 Å². The lowest BCUT2D eigenvalue weighted by molar-refractivity contribution is 0.0694. The van der Waals surface area contributed by atoms with E-state index in [-0.39, 0.29) is 5.38 Å². The minimum Gasteiger partial charge on any atom is -0.379 e. The molecule has 100 valence electrons. The highest BCUT2D eigenvalue weighted by molar-refractivity contribution is 7.86. The lowest BCUT2D eigenvalue weighted by Gasteiger charge is -2.37. The first kappa shape index (κ1) is 13.5. The van der Waals surface area contributed by atoms with Crippen LogP contribution in [0.15, 0.2) is 0 Å². The second kappa shape index (κ2) is 5.40. The van der Waals surface area contributed by atoms with E-state index < -0.39 is 10.2 Å². The molecule has 0 amide bonds. The summed E-state index contributed by atoms with van der Waals surface area (Å²) in [6.07, 6.45) is 0.831. The first-order chi connectivity index (χ1) is 8.01. The molecule has 2 saturated heterocycles. The van der Waals surface area contributed by atoms with Gasteiger partial charge < -0.3 is 4.74 Å². The highest BCUT2D eigenvalue weighted by Gasteiger charge is 2.36. The first-order valence-electron chi connectivity index (χ1n) is 5.99. The standard InChI is InChI=1S/C10H19ClN2O3S/c1-9-2-3-13(8-10(9)11)17(14,15)12-4-6-16-7-5-12/h9-10H,2-8H2,1H3. The summed E-state index contributed by atoms with van der Waals surface area (Å²) in [7, 11) is -3.34. The van der Waals surface area contributed by atoms with E-state index in [9.17, 15) is 8.42 Å². The zero-order valence-electron chi connectivity index (χ0n) is 10.0. The van der Waals surface area contributed by atoms with E-state index in [0.29, 0.717) is 45.3 Å². The third-order valence-corrected chi connectivity index (χ3v) is 6.02. The van der Waals surface area contributed by atoms with Gasteiger partial charge in [0.15, 0.2) is 0 Å². The number of nitrogens with zero attached hydrogens (tertiary/aromatic N) is 2. The Morgan fingerprint density at radius 2 is 1.82 bits per heavy atom. The monoisotopic (exact) mass is 282 g/mol. The topological polar surface area (TPSA) is 49.9 Å². The summed E-state index contributed by atoms with van der Waals surface area (Å²) < 4.78 is 32.8. The Labute approximate surface area is 108 Å². The number of hydrogen-bond acceptors (Lipinski definition) is 3. The number of ether oxygens (including phenoxy) is 1. The van der Waals surface area contributed by atoms with Gasteiger partial charge in [0.25, 0.3) is 10.2 Å². The number of rotatable bonds is 2. The van der Waals surface area contributed by atoms with Crippen molar-refractivity contribution in [2.24, 2.45) is 5.92 Å². The van der Waals surface area contributed by atoms with Crippen molar-refractivity contribution in [1.82, 2.24) is 8.61 Å². The number of piperidine rings is 1. The second-order valence-corrected chi connectivity index (χ2v) is 7.15. The molecule has 2 rings (SSSR count). The molecule has 7 heteroatoms. The van der Waals surface area contributed by atoms with Crippen LogP contribution in [0.25, 0.3) is 0 Å². The van der Waals surface area contributed by atoms with Crippen LogP contribution in [0.2, 0.25) is 0 Å². The molecule has 17 heavy (non-hydrogen) atoms. The normalized spacial score (nSPS) is 33.8. The molecule has 0 N–H and O–H groups in total. The molecule has 0 radical (unpaired) electrons. The minimum atomic E-state index is -3.34. The largest absolute Gasteiger partial charge is 0.379 e. The molecule has 2 heterocycles. The molecule has 5 nitrogen and oxygen atoms in total. The molecular weight excluding hydrogens is 264 g/mol. The molecule has 0 saturated carbocycles. The van der Waals surface area contributed by atoms with Gasteiger partial charge in [-0.05, 0) is 12.3 Å². The van der Waals surface area contributed by atoms with Crippen molar-refractivity contribution in [2.45, 2.75) is 18.7 Å². The summed E-state index contributed by atoms with van der Waals surface area (Å²) in [5.41, 5.74) is 0. The van der Waals surface area contributed by atoms with Gasteiger partial charge in [0.2, 0.25) is 0 Å². The molecule has 2 atom stereocenters. The Hall–Kier alpha value is 0.120. The molecule has 0 aromatic rings. The maximum Gasteiger partial charge on any atom is 0.282 e. The lowest BCUT2D eigenvalue weighted by Crippen LogP contribution is -2.52. The number of alkyl halides is 1.